The van der Waals surface area contributed by atoms with Crippen molar-refractivity contribution in [3.63, 3.8) is 0 Å². The Bertz CT molecular complexity index is 558. The molecule has 92 valence electrons. The van der Waals surface area contributed by atoms with Crippen molar-refractivity contribution in [1.82, 2.24) is 4.98 Å². The number of aldehydes is 1. The Morgan fingerprint density at radius 2 is 2.17 bits per heavy atom. The van der Waals surface area contributed by atoms with E-state index in [2.05, 4.69) is 4.98 Å². The average Bonchev–Trinajstić information content (AvgIpc) is 2.38. The van der Waals surface area contributed by atoms with Crippen LogP contribution < -0.4 is 4.74 Å². The van der Waals surface area contributed by atoms with Crippen LogP contribution in [0, 0.1) is 0 Å². The first-order valence-corrected chi connectivity index (χ1v) is 5.92. The van der Waals surface area contributed by atoms with E-state index in [1.807, 2.05) is 12.1 Å². The van der Waals surface area contributed by atoms with Crippen LogP contribution in [-0.4, -0.2) is 11.3 Å². The third-order valence-corrected chi connectivity index (χ3v) is 2.77. The first-order chi connectivity index (χ1) is 8.70. The second kappa shape index (κ2) is 5.85. The molecule has 0 radical (unpaired) electrons. The monoisotopic (exact) mass is 281 g/mol. The molecule has 0 aliphatic rings. The van der Waals surface area contributed by atoms with Crippen molar-refractivity contribution >= 4 is 29.5 Å². The number of hydrogen-bond acceptors (Lipinski definition) is 3. The third-order valence-electron chi connectivity index (χ3n) is 2.27. The number of ether oxygens (including phenoxy) is 1. The summed E-state index contributed by atoms with van der Waals surface area (Å²) in [5.41, 5.74) is 1.22. The van der Waals surface area contributed by atoms with Gasteiger partial charge in [-0.05, 0) is 18.2 Å². The highest BCUT2D eigenvalue weighted by atomic mass is 35.5. The predicted octanol–water partition coefficient (Wildman–Crippen LogP) is 3.78. The van der Waals surface area contributed by atoms with Gasteiger partial charge in [0.05, 0.1) is 10.6 Å². The van der Waals surface area contributed by atoms with Crippen molar-refractivity contribution < 1.29 is 9.53 Å². The summed E-state index contributed by atoms with van der Waals surface area (Å²) < 4.78 is 5.54. The molecule has 0 spiro atoms. The Morgan fingerprint density at radius 3 is 2.83 bits per heavy atom. The lowest BCUT2D eigenvalue weighted by molar-refractivity contribution is 0.111. The number of aromatic nitrogens is 1. The van der Waals surface area contributed by atoms with Gasteiger partial charge in [-0.3, -0.25) is 9.78 Å². The number of hydrogen-bond donors (Lipinski definition) is 0. The largest absolute Gasteiger partial charge is 0.487 e. The van der Waals surface area contributed by atoms with Crippen LogP contribution in [-0.2, 0) is 6.61 Å². The highest BCUT2D eigenvalue weighted by molar-refractivity contribution is 6.36. The minimum atomic E-state index is 0.288. The van der Waals surface area contributed by atoms with Gasteiger partial charge in [0.2, 0.25) is 0 Å². The molecule has 0 N–H and O–H groups in total. The van der Waals surface area contributed by atoms with E-state index in [0.29, 0.717) is 27.6 Å². The second-order valence-corrected chi connectivity index (χ2v) is 4.42. The van der Waals surface area contributed by atoms with Gasteiger partial charge in [-0.2, -0.15) is 0 Å². The number of halogens is 2. The first-order valence-electron chi connectivity index (χ1n) is 5.16. The van der Waals surface area contributed by atoms with E-state index < -0.39 is 0 Å². The van der Waals surface area contributed by atoms with Crippen LogP contribution in [0.5, 0.6) is 5.75 Å². The first kappa shape index (κ1) is 12.9. The Morgan fingerprint density at radius 1 is 1.33 bits per heavy atom. The Labute approximate surface area is 114 Å². The van der Waals surface area contributed by atoms with Gasteiger partial charge >= 0.3 is 0 Å². The fraction of sp³-hybridized carbons (Fsp3) is 0.0769. The minimum absolute atomic E-state index is 0.288. The fourth-order valence-corrected chi connectivity index (χ4v) is 2.02. The van der Waals surface area contributed by atoms with Gasteiger partial charge < -0.3 is 4.74 Å². The lowest BCUT2D eigenvalue weighted by Crippen LogP contribution is -1.99. The van der Waals surface area contributed by atoms with E-state index in [-0.39, 0.29) is 6.61 Å². The molecular formula is C13H9Cl2NO2. The second-order valence-electron chi connectivity index (χ2n) is 3.57. The van der Waals surface area contributed by atoms with Crippen molar-refractivity contribution in [3.05, 3.63) is 57.8 Å². The summed E-state index contributed by atoms with van der Waals surface area (Å²) in [6, 6.07) is 6.73. The molecule has 0 fully saturated rings. The van der Waals surface area contributed by atoms with Crippen LogP contribution in [0.4, 0.5) is 0 Å². The Hall–Kier alpha value is -1.58. The molecule has 1 aromatic carbocycles. The maximum atomic E-state index is 10.9. The summed E-state index contributed by atoms with van der Waals surface area (Å²) in [5, 5.41) is 0.712. The number of nitrogens with zero attached hydrogens (tertiary/aromatic N) is 1. The van der Waals surface area contributed by atoms with Gasteiger partial charge in [-0.15, -0.1) is 0 Å². The van der Waals surface area contributed by atoms with Crippen LogP contribution in [0.15, 0.2) is 36.7 Å². The summed E-state index contributed by atoms with van der Waals surface area (Å²) in [4.78, 5) is 14.9. The van der Waals surface area contributed by atoms with Gasteiger partial charge in [-0.25, -0.2) is 0 Å². The summed E-state index contributed by atoms with van der Waals surface area (Å²) in [6.45, 7) is 0.288. The maximum Gasteiger partial charge on any atom is 0.153 e. The zero-order chi connectivity index (χ0) is 13.0. The number of rotatable bonds is 4. The van der Waals surface area contributed by atoms with Crippen molar-refractivity contribution in [2.75, 3.05) is 0 Å². The average molecular weight is 282 g/mol. The third kappa shape index (κ3) is 3.00. The number of carbonyl (C=O) groups excluding carboxylic acids is 1. The van der Waals surface area contributed by atoms with E-state index in [0.717, 1.165) is 5.56 Å². The predicted molar refractivity (Wildman–Crippen MR) is 70.4 cm³/mol. The molecule has 0 unspecified atom stereocenters. The lowest BCUT2D eigenvalue weighted by Gasteiger charge is -2.10. The van der Waals surface area contributed by atoms with E-state index in [1.54, 1.807) is 12.4 Å². The quantitative estimate of drug-likeness (QED) is 0.801. The topological polar surface area (TPSA) is 39.2 Å². The summed E-state index contributed by atoms with van der Waals surface area (Å²) in [7, 11) is 0. The normalized spacial score (nSPS) is 10.1. The molecule has 2 rings (SSSR count). The van der Waals surface area contributed by atoms with Gasteiger partial charge in [0.15, 0.2) is 6.29 Å². The molecule has 0 atom stereocenters. The Kier molecular flexibility index (Phi) is 4.18. The van der Waals surface area contributed by atoms with Gasteiger partial charge in [0.1, 0.15) is 12.4 Å². The highest BCUT2D eigenvalue weighted by Gasteiger charge is 2.10. The SMILES string of the molecule is O=Cc1cc(Cl)cc(Cl)c1OCc1cccnc1. The smallest absolute Gasteiger partial charge is 0.153 e. The molecule has 0 amide bonds. The zero-order valence-electron chi connectivity index (χ0n) is 9.27. The van der Waals surface area contributed by atoms with Crippen LogP contribution in [0.2, 0.25) is 10.0 Å². The molecule has 0 aliphatic carbocycles. The molecule has 1 aromatic heterocycles. The molecule has 1 heterocycles. The van der Waals surface area contributed by atoms with Crippen LogP contribution in [0.3, 0.4) is 0 Å². The number of pyridine rings is 1. The van der Waals surface area contributed by atoms with Crippen LogP contribution >= 0.6 is 23.2 Å². The van der Waals surface area contributed by atoms with Gasteiger partial charge in [0, 0.05) is 23.0 Å². The number of benzene rings is 1. The molecule has 2 aromatic rings. The van der Waals surface area contributed by atoms with E-state index in [4.69, 9.17) is 27.9 Å². The molecule has 0 aliphatic heterocycles. The molecular weight excluding hydrogens is 273 g/mol. The standard InChI is InChI=1S/C13H9Cl2NO2/c14-11-4-10(7-17)13(12(15)5-11)18-8-9-2-1-3-16-6-9/h1-7H,8H2. The molecule has 3 nitrogen and oxygen atoms in total. The van der Waals surface area contributed by atoms with Gasteiger partial charge in [0.25, 0.3) is 0 Å². The maximum absolute atomic E-state index is 10.9. The van der Waals surface area contributed by atoms with Crippen LogP contribution in [0.25, 0.3) is 0 Å². The molecule has 0 saturated carbocycles. The Balaban J connectivity index is 2.21. The summed E-state index contributed by atoms with van der Waals surface area (Å²) in [6.07, 6.45) is 4.02. The van der Waals surface area contributed by atoms with E-state index >= 15 is 0 Å². The molecule has 0 bridgehead atoms. The minimum Gasteiger partial charge on any atom is -0.487 e. The molecule has 5 heteroatoms. The van der Waals surface area contributed by atoms with Crippen molar-refractivity contribution in [2.24, 2.45) is 0 Å². The summed E-state index contributed by atoms with van der Waals surface area (Å²) >= 11 is 11.8. The van der Waals surface area contributed by atoms with Crippen molar-refractivity contribution in [1.29, 1.82) is 0 Å². The van der Waals surface area contributed by atoms with Gasteiger partial charge in [-0.1, -0.05) is 29.3 Å². The zero-order valence-corrected chi connectivity index (χ0v) is 10.8. The van der Waals surface area contributed by atoms with Crippen LogP contribution in [0.1, 0.15) is 15.9 Å². The van der Waals surface area contributed by atoms with Crippen molar-refractivity contribution in [3.8, 4) is 5.75 Å². The van der Waals surface area contributed by atoms with E-state index in [9.17, 15) is 4.79 Å². The molecule has 0 saturated heterocycles. The number of carbonyl (C=O) groups is 1. The summed E-state index contributed by atoms with van der Waals surface area (Å²) in [5.74, 6) is 0.333. The fourth-order valence-electron chi connectivity index (χ4n) is 1.46. The highest BCUT2D eigenvalue weighted by Crippen LogP contribution is 2.31. The van der Waals surface area contributed by atoms with Crippen molar-refractivity contribution in [2.45, 2.75) is 6.61 Å². The molecule has 18 heavy (non-hydrogen) atoms. The lowest BCUT2D eigenvalue weighted by atomic mass is 10.2. The van der Waals surface area contributed by atoms with E-state index in [1.165, 1.54) is 12.1 Å².